The molecule has 0 saturated heterocycles. The first kappa shape index (κ1) is 30.8. The lowest BCUT2D eigenvalue weighted by Gasteiger charge is -2.50. The van der Waals surface area contributed by atoms with E-state index in [4.69, 9.17) is 14.5 Å². The number of aliphatic imine (C=N–C) groups is 1. The van der Waals surface area contributed by atoms with Gasteiger partial charge in [0, 0.05) is 11.8 Å². The molecule has 5 heteroatoms. The summed E-state index contributed by atoms with van der Waals surface area (Å²) in [4.78, 5) is 19.4. The van der Waals surface area contributed by atoms with Crippen molar-refractivity contribution < 1.29 is 18.8 Å². The van der Waals surface area contributed by atoms with Gasteiger partial charge in [-0.1, -0.05) is 85.4 Å². The molecule has 214 valence electrons. The number of esters is 1. The number of carbonyl (C=O) groups excluding carboxylic acids is 1. The van der Waals surface area contributed by atoms with Crippen LogP contribution in [0.5, 0.6) is 0 Å². The van der Waals surface area contributed by atoms with Crippen LogP contribution in [0.4, 0.5) is 0 Å². The van der Waals surface area contributed by atoms with Gasteiger partial charge in [0.05, 0.1) is 25.1 Å². The third kappa shape index (κ3) is 6.56. The molecule has 0 spiro atoms. The summed E-state index contributed by atoms with van der Waals surface area (Å²) >= 11 is 0. The van der Waals surface area contributed by atoms with Crippen LogP contribution in [0.1, 0.15) is 87.6 Å². The lowest BCUT2D eigenvalue weighted by molar-refractivity contribution is -0.432. The van der Waals surface area contributed by atoms with Gasteiger partial charge >= 0.3 is 17.7 Å². The Morgan fingerprint density at radius 1 is 0.949 bits per heavy atom. The number of allylic oxidation sites excluding steroid dienone is 1. The lowest BCUT2D eigenvalue weighted by Crippen LogP contribution is -2.49. The molecule has 2 atom stereocenters. The summed E-state index contributed by atoms with van der Waals surface area (Å²) in [7, 11) is 3.53. The van der Waals surface area contributed by atoms with E-state index in [1.54, 1.807) is 7.11 Å². The molecule has 2 aliphatic rings. The number of methoxy groups -OCH3 is 1. The molecule has 0 radical (unpaired) electrons. The van der Waals surface area contributed by atoms with Crippen LogP contribution in [0.25, 0.3) is 5.57 Å². The maximum absolute atomic E-state index is 14.5. The molecular formula is C34H51N2O3+. The van der Waals surface area contributed by atoms with Gasteiger partial charge < -0.3 is 9.47 Å². The van der Waals surface area contributed by atoms with Gasteiger partial charge in [0.25, 0.3) is 0 Å². The summed E-state index contributed by atoms with van der Waals surface area (Å²) in [6.45, 7) is 26.5. The molecule has 1 heterocycles. The number of likely N-dealkylation sites (N-methyl/N-ethyl adjacent to an activating group) is 1. The Morgan fingerprint density at radius 3 is 1.90 bits per heavy atom. The Kier molecular flexibility index (Phi) is 8.75. The summed E-state index contributed by atoms with van der Waals surface area (Å²) in [6, 6.07) is 9.94. The van der Waals surface area contributed by atoms with Gasteiger partial charge in [-0.25, -0.2) is 9.37 Å². The Bertz CT molecular complexity index is 1160. The zero-order chi connectivity index (χ0) is 29.5. The number of ether oxygens (including phenoxy) is 2. The van der Waals surface area contributed by atoms with E-state index in [9.17, 15) is 4.79 Å². The second-order valence-corrected chi connectivity index (χ2v) is 14.7. The van der Waals surface area contributed by atoms with Crippen molar-refractivity contribution >= 4 is 23.3 Å². The third-order valence-electron chi connectivity index (χ3n) is 8.37. The van der Waals surface area contributed by atoms with Crippen LogP contribution in [0.2, 0.25) is 0 Å². The van der Waals surface area contributed by atoms with Crippen LogP contribution in [0, 0.1) is 34.0 Å². The van der Waals surface area contributed by atoms with Crippen LogP contribution in [0.15, 0.2) is 53.2 Å². The average Bonchev–Trinajstić information content (AvgIpc) is 3.06. The molecule has 1 saturated carbocycles. The third-order valence-corrected chi connectivity index (χ3v) is 8.37. The molecule has 3 rings (SSSR count). The maximum atomic E-state index is 14.5. The van der Waals surface area contributed by atoms with Gasteiger partial charge in [-0.3, -0.25) is 0 Å². The molecule has 0 bridgehead atoms. The van der Waals surface area contributed by atoms with Gasteiger partial charge in [0.2, 0.25) is 0 Å². The van der Waals surface area contributed by atoms with Crippen molar-refractivity contribution in [3.05, 3.63) is 53.7 Å². The summed E-state index contributed by atoms with van der Waals surface area (Å²) in [6.07, 6.45) is 1.88. The first-order valence-electron chi connectivity index (χ1n) is 14.3. The second-order valence-electron chi connectivity index (χ2n) is 14.7. The zero-order valence-corrected chi connectivity index (χ0v) is 26.4. The van der Waals surface area contributed by atoms with E-state index in [2.05, 4.69) is 55.0 Å². The zero-order valence-electron chi connectivity index (χ0n) is 26.4. The fraction of sp³-hybridized carbons (Fsp3) is 0.618. The van der Waals surface area contributed by atoms with Crippen molar-refractivity contribution in [2.24, 2.45) is 39.0 Å². The van der Waals surface area contributed by atoms with Crippen molar-refractivity contribution in [2.75, 3.05) is 14.2 Å². The van der Waals surface area contributed by atoms with Gasteiger partial charge in [0.1, 0.15) is 11.8 Å². The molecule has 2 unspecified atom stereocenters. The van der Waals surface area contributed by atoms with Crippen molar-refractivity contribution in [1.29, 1.82) is 0 Å². The quantitative estimate of drug-likeness (QED) is 0.172. The SMILES string of the molecule is C=C1C(c2ccccc2)=C(C(=O)OC2C(C(C)(C)C)CC(C)CC2C(C)(C)C)C(N=C(OC)C(C)(C)C)=[N+]1C. The Labute approximate surface area is 237 Å². The average molecular weight is 536 g/mol. The minimum absolute atomic E-state index is 0.00398. The smallest absolute Gasteiger partial charge is 0.347 e. The fourth-order valence-electron chi connectivity index (χ4n) is 6.13. The van der Waals surface area contributed by atoms with Gasteiger partial charge in [-0.05, 0) is 60.9 Å². The Balaban J connectivity index is 2.21. The topological polar surface area (TPSA) is 50.9 Å². The van der Waals surface area contributed by atoms with Gasteiger partial charge in [-0.15, -0.1) is 0 Å². The number of carbonyl (C=O) groups is 1. The highest BCUT2D eigenvalue weighted by Crippen LogP contribution is 2.50. The van der Waals surface area contributed by atoms with E-state index in [1.165, 1.54) is 0 Å². The van der Waals surface area contributed by atoms with Crippen molar-refractivity contribution in [2.45, 2.75) is 88.2 Å². The number of hydrogen-bond donors (Lipinski definition) is 0. The molecule has 5 nitrogen and oxygen atoms in total. The predicted octanol–water partition coefficient (Wildman–Crippen LogP) is 7.77. The molecule has 0 aromatic heterocycles. The first-order valence-corrected chi connectivity index (χ1v) is 14.3. The minimum Gasteiger partial charge on any atom is -0.466 e. The summed E-state index contributed by atoms with van der Waals surface area (Å²) in [5.74, 6) is 1.78. The minimum atomic E-state index is -0.345. The molecule has 1 aromatic carbocycles. The van der Waals surface area contributed by atoms with Crippen LogP contribution in [-0.2, 0) is 14.3 Å². The van der Waals surface area contributed by atoms with Crippen LogP contribution >= 0.6 is 0 Å². The van der Waals surface area contributed by atoms with Gasteiger partial charge in [0.15, 0.2) is 5.57 Å². The van der Waals surface area contributed by atoms with Crippen LogP contribution < -0.4 is 0 Å². The predicted molar refractivity (Wildman–Crippen MR) is 162 cm³/mol. The first-order chi connectivity index (χ1) is 17.9. The lowest BCUT2D eigenvalue weighted by atomic mass is 9.59. The van der Waals surface area contributed by atoms with Gasteiger partial charge in [-0.2, -0.15) is 0 Å². The molecule has 1 aliphatic heterocycles. The van der Waals surface area contributed by atoms with E-state index in [-0.39, 0.29) is 40.2 Å². The van der Waals surface area contributed by atoms with E-state index >= 15 is 0 Å². The highest BCUT2D eigenvalue weighted by molar-refractivity contribution is 6.27. The molecule has 0 amide bonds. The monoisotopic (exact) mass is 535 g/mol. The largest absolute Gasteiger partial charge is 0.466 e. The van der Waals surface area contributed by atoms with Crippen LogP contribution in [0.3, 0.4) is 0 Å². The standard InChI is InChI=1S/C34H51N2O3/c1-21-19-24(32(3,4)5)28(25(20-21)33(6,7)8)39-30(37)27-26(23-17-15-14-16-18-23)22(2)36(12)29(27)35-31(38-13)34(9,10)11/h14-18,21,24-25,28H,2,19-20H2,1,3-13H3/q+1. The summed E-state index contributed by atoms with van der Waals surface area (Å²) in [5, 5.41) is 0. The second kappa shape index (κ2) is 11.1. The van der Waals surface area contributed by atoms with Crippen LogP contribution in [-0.4, -0.2) is 42.5 Å². The number of hydrogen-bond acceptors (Lipinski definition) is 4. The molecule has 1 aromatic rings. The Morgan fingerprint density at radius 2 is 1.46 bits per heavy atom. The number of nitrogens with zero attached hydrogens (tertiary/aromatic N) is 2. The normalized spacial score (nSPS) is 25.3. The molecular weight excluding hydrogens is 484 g/mol. The van der Waals surface area contributed by atoms with E-state index in [0.717, 1.165) is 24.0 Å². The maximum Gasteiger partial charge on any atom is 0.347 e. The fourth-order valence-corrected chi connectivity index (χ4v) is 6.13. The molecule has 1 fully saturated rings. The summed E-state index contributed by atoms with van der Waals surface area (Å²) < 4.78 is 14.3. The van der Waals surface area contributed by atoms with E-state index in [0.29, 0.717) is 28.9 Å². The number of amidine groups is 1. The molecule has 0 N–H and O–H groups in total. The van der Waals surface area contributed by atoms with Crippen molar-refractivity contribution in [1.82, 2.24) is 0 Å². The summed E-state index contributed by atoms with van der Waals surface area (Å²) in [5.41, 5.74) is 2.49. The highest BCUT2D eigenvalue weighted by atomic mass is 16.5. The van der Waals surface area contributed by atoms with Crippen molar-refractivity contribution in [3.63, 3.8) is 0 Å². The van der Waals surface area contributed by atoms with E-state index < -0.39 is 0 Å². The molecule has 39 heavy (non-hydrogen) atoms. The van der Waals surface area contributed by atoms with Crippen molar-refractivity contribution in [3.8, 4) is 0 Å². The Hall–Kier alpha value is -2.69. The number of benzene rings is 1. The molecule has 1 aliphatic carbocycles. The van der Waals surface area contributed by atoms with E-state index in [1.807, 2.05) is 62.7 Å². The number of rotatable bonds is 3. The highest BCUT2D eigenvalue weighted by Gasteiger charge is 2.50.